The third-order valence-electron chi connectivity index (χ3n) is 4.65. The van der Waals surface area contributed by atoms with Gasteiger partial charge >= 0.3 is 0 Å². The highest BCUT2D eigenvalue weighted by Gasteiger charge is 2.23. The summed E-state index contributed by atoms with van der Waals surface area (Å²) in [6, 6.07) is 5.97. The Bertz CT molecular complexity index is 924. The van der Waals surface area contributed by atoms with Crippen LogP contribution < -0.4 is 0 Å². The fraction of sp³-hybridized carbons (Fsp3) is 0.421. The van der Waals surface area contributed by atoms with E-state index in [2.05, 4.69) is 19.7 Å². The molecule has 3 aromatic rings. The van der Waals surface area contributed by atoms with Gasteiger partial charge in [0.25, 0.3) is 0 Å². The molecule has 0 aromatic carbocycles. The summed E-state index contributed by atoms with van der Waals surface area (Å²) in [5.41, 5.74) is 2.67. The molecule has 142 valence electrons. The fourth-order valence-electron chi connectivity index (χ4n) is 3.36. The number of carbonyl (C=O) groups excluding carboxylic acids is 1. The fourth-order valence-corrected chi connectivity index (χ4v) is 4.91. The van der Waals surface area contributed by atoms with Crippen LogP contribution in [0.4, 0.5) is 0 Å². The second-order valence-corrected chi connectivity index (χ2v) is 8.62. The highest BCUT2D eigenvalue weighted by Crippen LogP contribution is 2.29. The van der Waals surface area contributed by atoms with E-state index in [0.29, 0.717) is 5.75 Å². The molecule has 4 rings (SSSR count). The maximum absolute atomic E-state index is 12.6. The number of hydrogen-bond acceptors (Lipinski definition) is 6. The van der Waals surface area contributed by atoms with Gasteiger partial charge in [0.05, 0.1) is 23.3 Å². The van der Waals surface area contributed by atoms with Gasteiger partial charge in [-0.05, 0) is 44.2 Å². The van der Waals surface area contributed by atoms with Gasteiger partial charge < -0.3 is 9.72 Å². The zero-order valence-electron chi connectivity index (χ0n) is 15.4. The topological polar surface area (TPSA) is 72.8 Å². The molecule has 0 saturated carbocycles. The summed E-state index contributed by atoms with van der Waals surface area (Å²) in [6.07, 6.45) is 2.32. The van der Waals surface area contributed by atoms with Crippen LogP contribution in [0.3, 0.4) is 0 Å². The van der Waals surface area contributed by atoms with E-state index in [1.54, 1.807) is 11.3 Å². The Hall–Kier alpha value is -1.90. The number of thioether (sulfide) groups is 1. The quantitative estimate of drug-likeness (QED) is 0.476. The molecule has 6 nitrogen and oxygen atoms in total. The first kappa shape index (κ1) is 18.5. The Morgan fingerprint density at radius 3 is 3.00 bits per heavy atom. The molecule has 1 aliphatic heterocycles. The number of carbonyl (C=O) groups is 1. The van der Waals surface area contributed by atoms with E-state index in [9.17, 15) is 4.79 Å². The number of ether oxygens (including phenoxy) is 1. The number of thiophene rings is 1. The average molecular weight is 403 g/mol. The molecule has 0 amide bonds. The number of nitrogens with one attached hydrogen (secondary N) is 1. The Balaban J connectivity index is 1.54. The van der Waals surface area contributed by atoms with Crippen LogP contribution in [0, 0.1) is 13.8 Å². The number of aromatic nitrogens is 4. The van der Waals surface area contributed by atoms with Gasteiger partial charge in [-0.15, -0.1) is 21.5 Å². The lowest BCUT2D eigenvalue weighted by Gasteiger charge is -2.14. The van der Waals surface area contributed by atoms with Crippen molar-refractivity contribution < 1.29 is 9.53 Å². The van der Waals surface area contributed by atoms with E-state index in [1.165, 1.54) is 11.8 Å². The Kier molecular flexibility index (Phi) is 5.47. The summed E-state index contributed by atoms with van der Waals surface area (Å²) in [5.74, 6) is 1.29. The summed E-state index contributed by atoms with van der Waals surface area (Å²) in [6.45, 7) is 5.43. The van der Waals surface area contributed by atoms with Gasteiger partial charge in [-0.2, -0.15) is 0 Å². The number of rotatable bonds is 7. The average Bonchev–Trinajstić information content (AvgIpc) is 3.41. The van der Waals surface area contributed by atoms with E-state index in [1.807, 2.05) is 37.4 Å². The van der Waals surface area contributed by atoms with E-state index < -0.39 is 0 Å². The SMILES string of the molecule is Cc1cc(C(=O)CSc2nnc(-c3cccs3)n2CC2CCCO2)c(C)[nH]1. The maximum atomic E-state index is 12.6. The predicted molar refractivity (Wildman–Crippen MR) is 108 cm³/mol. The lowest BCUT2D eigenvalue weighted by molar-refractivity contribution is 0.0953. The first-order valence-electron chi connectivity index (χ1n) is 9.02. The molecule has 0 spiro atoms. The molecule has 1 fully saturated rings. The van der Waals surface area contributed by atoms with Crippen LogP contribution in [-0.2, 0) is 11.3 Å². The first-order chi connectivity index (χ1) is 13.1. The van der Waals surface area contributed by atoms with E-state index in [4.69, 9.17) is 4.74 Å². The van der Waals surface area contributed by atoms with Crippen molar-refractivity contribution in [3.05, 3.63) is 40.5 Å². The molecule has 0 aliphatic carbocycles. The molecule has 27 heavy (non-hydrogen) atoms. The van der Waals surface area contributed by atoms with Crippen molar-refractivity contribution in [1.82, 2.24) is 19.7 Å². The van der Waals surface area contributed by atoms with E-state index in [-0.39, 0.29) is 11.9 Å². The van der Waals surface area contributed by atoms with Gasteiger partial charge in [-0.3, -0.25) is 9.36 Å². The van der Waals surface area contributed by atoms with E-state index in [0.717, 1.165) is 58.8 Å². The summed E-state index contributed by atoms with van der Waals surface area (Å²) in [5, 5.41) is 11.6. The third-order valence-corrected chi connectivity index (χ3v) is 6.48. The molecule has 1 N–H and O–H groups in total. The van der Waals surface area contributed by atoms with Crippen LogP contribution in [0.15, 0.2) is 28.7 Å². The number of aryl methyl sites for hydroxylation is 2. The lowest BCUT2D eigenvalue weighted by Crippen LogP contribution is -2.17. The third kappa shape index (κ3) is 4.02. The number of nitrogens with zero attached hydrogens (tertiary/aromatic N) is 3. The normalized spacial score (nSPS) is 16.9. The van der Waals surface area contributed by atoms with Crippen LogP contribution in [0.25, 0.3) is 10.7 Å². The molecule has 3 aromatic heterocycles. The van der Waals surface area contributed by atoms with Crippen molar-refractivity contribution >= 4 is 28.9 Å². The zero-order valence-corrected chi connectivity index (χ0v) is 17.0. The predicted octanol–water partition coefficient (Wildman–Crippen LogP) is 4.11. The molecule has 1 atom stereocenters. The van der Waals surface area contributed by atoms with E-state index >= 15 is 0 Å². The Labute approximate surface area is 166 Å². The van der Waals surface area contributed by atoms with Crippen molar-refractivity contribution in [3.8, 4) is 10.7 Å². The minimum atomic E-state index is 0.103. The largest absolute Gasteiger partial charge is 0.376 e. The molecule has 0 radical (unpaired) electrons. The minimum Gasteiger partial charge on any atom is -0.376 e. The van der Waals surface area contributed by atoms with Crippen LogP contribution in [0.2, 0.25) is 0 Å². The van der Waals surface area contributed by atoms with Gasteiger partial charge in [0.2, 0.25) is 0 Å². The van der Waals surface area contributed by atoms with Crippen LogP contribution in [0.5, 0.6) is 0 Å². The van der Waals surface area contributed by atoms with Gasteiger partial charge in [0.15, 0.2) is 16.8 Å². The lowest BCUT2D eigenvalue weighted by atomic mass is 10.2. The van der Waals surface area contributed by atoms with Crippen molar-refractivity contribution in [1.29, 1.82) is 0 Å². The van der Waals surface area contributed by atoms with Gasteiger partial charge in [-0.1, -0.05) is 17.8 Å². The molecular weight excluding hydrogens is 380 g/mol. The van der Waals surface area contributed by atoms with Crippen molar-refractivity contribution in [3.63, 3.8) is 0 Å². The summed E-state index contributed by atoms with van der Waals surface area (Å²) in [7, 11) is 0. The Morgan fingerprint density at radius 1 is 1.44 bits per heavy atom. The number of H-pyrrole nitrogens is 1. The second-order valence-electron chi connectivity index (χ2n) is 6.73. The number of aromatic amines is 1. The number of hydrogen-bond donors (Lipinski definition) is 1. The second kappa shape index (κ2) is 8.00. The van der Waals surface area contributed by atoms with Crippen LogP contribution >= 0.6 is 23.1 Å². The van der Waals surface area contributed by atoms with Crippen molar-refractivity contribution in [2.24, 2.45) is 0 Å². The standard InChI is InChI=1S/C19H22N4O2S2/c1-12-9-15(13(2)20-12)16(24)11-27-19-22-21-18(17-6-4-8-26-17)23(19)10-14-5-3-7-25-14/h4,6,8-9,14,20H,3,5,7,10-11H2,1-2H3. The smallest absolute Gasteiger partial charge is 0.192 e. The number of Topliss-reactive ketones (excluding diaryl/α,β-unsaturated/α-hetero) is 1. The van der Waals surface area contributed by atoms with Gasteiger partial charge in [-0.25, -0.2) is 0 Å². The minimum absolute atomic E-state index is 0.103. The van der Waals surface area contributed by atoms with Crippen LogP contribution in [0.1, 0.15) is 34.6 Å². The first-order valence-corrected chi connectivity index (χ1v) is 10.9. The Morgan fingerprint density at radius 2 is 2.33 bits per heavy atom. The van der Waals surface area contributed by atoms with Crippen molar-refractivity contribution in [2.75, 3.05) is 12.4 Å². The number of ketones is 1. The molecule has 8 heteroatoms. The molecular formula is C19H22N4O2S2. The zero-order chi connectivity index (χ0) is 18.8. The molecule has 1 aliphatic rings. The molecule has 1 unspecified atom stereocenters. The molecule has 0 bridgehead atoms. The summed E-state index contributed by atoms with van der Waals surface area (Å²) >= 11 is 3.09. The highest BCUT2D eigenvalue weighted by atomic mass is 32.2. The van der Waals surface area contributed by atoms with Crippen molar-refractivity contribution in [2.45, 2.75) is 44.5 Å². The van der Waals surface area contributed by atoms with Crippen LogP contribution in [-0.4, -0.2) is 44.0 Å². The molecule has 4 heterocycles. The van der Waals surface area contributed by atoms with Gasteiger partial charge in [0.1, 0.15) is 0 Å². The monoisotopic (exact) mass is 402 g/mol. The maximum Gasteiger partial charge on any atom is 0.192 e. The van der Waals surface area contributed by atoms with Gasteiger partial charge in [0, 0.05) is 23.6 Å². The summed E-state index contributed by atoms with van der Waals surface area (Å²) in [4.78, 5) is 16.9. The molecule has 1 saturated heterocycles. The summed E-state index contributed by atoms with van der Waals surface area (Å²) < 4.78 is 7.92. The highest BCUT2D eigenvalue weighted by molar-refractivity contribution is 7.99.